The number of morpholine rings is 1. The summed E-state index contributed by atoms with van der Waals surface area (Å²) in [6.07, 6.45) is 0.346. The molecule has 1 fully saturated rings. The van der Waals surface area contributed by atoms with Gasteiger partial charge in [0.25, 0.3) is 5.91 Å². The molecule has 1 heterocycles. The number of amides is 1. The average Bonchev–Trinajstić information content (AvgIpc) is 2.14. The SMILES string of the molecule is C[C@@H]1CN([C@@H](C)C(=O)NN)C[C@@H](C)O1. The molecular weight excluding hydrogens is 182 g/mol. The smallest absolute Gasteiger partial charge is 0.250 e. The van der Waals surface area contributed by atoms with Crippen molar-refractivity contribution in [2.45, 2.75) is 39.0 Å². The van der Waals surface area contributed by atoms with E-state index in [1.54, 1.807) is 0 Å². The highest BCUT2D eigenvalue weighted by atomic mass is 16.5. The Morgan fingerprint density at radius 2 is 2.00 bits per heavy atom. The third kappa shape index (κ3) is 2.67. The van der Waals surface area contributed by atoms with Gasteiger partial charge in [-0.05, 0) is 20.8 Å². The third-order valence-electron chi connectivity index (χ3n) is 2.52. The number of rotatable bonds is 2. The minimum absolute atomic E-state index is 0.147. The Morgan fingerprint density at radius 1 is 1.50 bits per heavy atom. The lowest BCUT2D eigenvalue weighted by Crippen LogP contribution is -2.54. The molecule has 5 heteroatoms. The van der Waals surface area contributed by atoms with Crippen molar-refractivity contribution in [2.75, 3.05) is 13.1 Å². The van der Waals surface area contributed by atoms with Gasteiger partial charge in [-0.3, -0.25) is 15.1 Å². The van der Waals surface area contributed by atoms with Gasteiger partial charge in [0, 0.05) is 13.1 Å². The molecule has 0 aliphatic carbocycles. The van der Waals surface area contributed by atoms with Crippen molar-refractivity contribution in [2.24, 2.45) is 5.84 Å². The molecule has 1 rings (SSSR count). The zero-order valence-electron chi connectivity index (χ0n) is 8.99. The molecule has 3 N–H and O–H groups in total. The van der Waals surface area contributed by atoms with E-state index in [-0.39, 0.29) is 24.2 Å². The van der Waals surface area contributed by atoms with Crippen molar-refractivity contribution < 1.29 is 9.53 Å². The molecule has 1 amide bonds. The maximum Gasteiger partial charge on any atom is 0.250 e. The first-order valence-electron chi connectivity index (χ1n) is 4.94. The van der Waals surface area contributed by atoms with E-state index in [9.17, 15) is 4.79 Å². The van der Waals surface area contributed by atoms with E-state index >= 15 is 0 Å². The maximum absolute atomic E-state index is 11.3. The van der Waals surface area contributed by atoms with Crippen LogP contribution in [0.5, 0.6) is 0 Å². The van der Waals surface area contributed by atoms with Crippen molar-refractivity contribution in [1.82, 2.24) is 10.3 Å². The average molecular weight is 201 g/mol. The second-order valence-corrected chi connectivity index (χ2v) is 3.90. The number of nitrogens with two attached hydrogens (primary N) is 1. The molecule has 14 heavy (non-hydrogen) atoms. The fraction of sp³-hybridized carbons (Fsp3) is 0.889. The number of nitrogens with zero attached hydrogens (tertiary/aromatic N) is 1. The van der Waals surface area contributed by atoms with Crippen molar-refractivity contribution in [3.63, 3.8) is 0 Å². The summed E-state index contributed by atoms with van der Waals surface area (Å²) in [6, 6.07) is -0.186. The van der Waals surface area contributed by atoms with Gasteiger partial charge in [-0.2, -0.15) is 0 Å². The van der Waals surface area contributed by atoms with Crippen LogP contribution >= 0.6 is 0 Å². The summed E-state index contributed by atoms with van der Waals surface area (Å²) in [5.41, 5.74) is 2.17. The van der Waals surface area contributed by atoms with E-state index in [0.717, 1.165) is 13.1 Å². The number of hydrogen-bond acceptors (Lipinski definition) is 4. The number of hydrazine groups is 1. The van der Waals surface area contributed by atoms with Crippen molar-refractivity contribution in [3.05, 3.63) is 0 Å². The van der Waals surface area contributed by atoms with Crippen molar-refractivity contribution in [1.29, 1.82) is 0 Å². The van der Waals surface area contributed by atoms with E-state index < -0.39 is 0 Å². The molecule has 1 aliphatic rings. The maximum atomic E-state index is 11.3. The largest absolute Gasteiger partial charge is 0.373 e. The molecular formula is C9H19N3O2. The number of nitrogens with one attached hydrogen (secondary N) is 1. The van der Waals surface area contributed by atoms with Crippen LogP contribution in [0, 0.1) is 0 Å². The van der Waals surface area contributed by atoms with Crippen LogP contribution in [0.15, 0.2) is 0 Å². The molecule has 0 spiro atoms. The predicted molar refractivity (Wildman–Crippen MR) is 53.4 cm³/mol. The Balaban J connectivity index is 2.54. The Hall–Kier alpha value is -0.650. The highest BCUT2D eigenvalue weighted by Gasteiger charge is 2.28. The van der Waals surface area contributed by atoms with E-state index in [4.69, 9.17) is 10.6 Å². The zero-order chi connectivity index (χ0) is 10.7. The highest BCUT2D eigenvalue weighted by Crippen LogP contribution is 2.13. The van der Waals surface area contributed by atoms with Crippen molar-refractivity contribution in [3.8, 4) is 0 Å². The molecule has 0 aromatic carbocycles. The second-order valence-electron chi connectivity index (χ2n) is 3.90. The van der Waals surface area contributed by atoms with Crippen LogP contribution in [0.25, 0.3) is 0 Å². The van der Waals surface area contributed by atoms with E-state index in [0.29, 0.717) is 0 Å². The van der Waals surface area contributed by atoms with Gasteiger partial charge in [0.05, 0.1) is 18.2 Å². The standard InChI is InChI=1S/C9H19N3O2/c1-6-4-12(5-7(2)14-6)8(3)9(13)11-10/h6-8H,4-5,10H2,1-3H3,(H,11,13)/t6-,7-,8+/m1/s1. The van der Waals surface area contributed by atoms with Crippen molar-refractivity contribution >= 4 is 5.91 Å². The Bertz CT molecular complexity index is 200. The number of carbonyl (C=O) groups excluding carboxylic acids is 1. The van der Waals surface area contributed by atoms with Gasteiger partial charge in [0.1, 0.15) is 0 Å². The lowest BCUT2D eigenvalue weighted by Gasteiger charge is -2.37. The molecule has 0 unspecified atom stereocenters. The summed E-state index contributed by atoms with van der Waals surface area (Å²) in [5.74, 6) is 4.94. The first kappa shape index (κ1) is 11.4. The fourth-order valence-electron chi connectivity index (χ4n) is 1.82. The van der Waals surface area contributed by atoms with Gasteiger partial charge in [0.15, 0.2) is 0 Å². The molecule has 0 aromatic heterocycles. The first-order chi connectivity index (χ1) is 6.54. The molecule has 1 saturated heterocycles. The van der Waals surface area contributed by atoms with Gasteiger partial charge in [-0.1, -0.05) is 0 Å². The van der Waals surface area contributed by atoms with Gasteiger partial charge in [-0.25, -0.2) is 5.84 Å². The summed E-state index contributed by atoms with van der Waals surface area (Å²) in [5, 5.41) is 0. The van der Waals surface area contributed by atoms with E-state index in [2.05, 4.69) is 10.3 Å². The minimum atomic E-state index is -0.186. The Kier molecular flexibility index (Phi) is 3.86. The quantitative estimate of drug-likeness (QED) is 0.358. The normalized spacial score (nSPS) is 31.1. The monoisotopic (exact) mass is 201 g/mol. The van der Waals surface area contributed by atoms with Gasteiger partial charge >= 0.3 is 0 Å². The van der Waals surface area contributed by atoms with Crippen LogP contribution in [0.4, 0.5) is 0 Å². The minimum Gasteiger partial charge on any atom is -0.373 e. The molecule has 1 aliphatic heterocycles. The summed E-state index contributed by atoms with van der Waals surface area (Å²) < 4.78 is 5.58. The fourth-order valence-corrected chi connectivity index (χ4v) is 1.82. The van der Waals surface area contributed by atoms with Gasteiger partial charge in [0.2, 0.25) is 0 Å². The second kappa shape index (κ2) is 4.72. The molecule has 5 nitrogen and oxygen atoms in total. The molecule has 0 aromatic rings. The Morgan fingerprint density at radius 3 is 2.43 bits per heavy atom. The zero-order valence-corrected chi connectivity index (χ0v) is 8.99. The number of hydrogen-bond donors (Lipinski definition) is 2. The lowest BCUT2D eigenvalue weighted by atomic mass is 10.1. The van der Waals surface area contributed by atoms with Crippen LogP contribution in [0.2, 0.25) is 0 Å². The third-order valence-corrected chi connectivity index (χ3v) is 2.52. The van der Waals surface area contributed by atoms with Crippen LogP contribution in [0.3, 0.4) is 0 Å². The topological polar surface area (TPSA) is 67.6 Å². The molecule has 0 saturated carbocycles. The Labute approximate surface area is 84.5 Å². The lowest BCUT2D eigenvalue weighted by molar-refractivity contribution is -0.131. The summed E-state index contributed by atoms with van der Waals surface area (Å²) in [7, 11) is 0. The summed E-state index contributed by atoms with van der Waals surface area (Å²) >= 11 is 0. The van der Waals surface area contributed by atoms with E-state index in [1.807, 2.05) is 20.8 Å². The number of carbonyl (C=O) groups is 1. The summed E-state index contributed by atoms with van der Waals surface area (Å²) in [6.45, 7) is 7.43. The predicted octanol–water partition coefficient (Wildman–Crippen LogP) is -0.526. The van der Waals surface area contributed by atoms with Crippen LogP contribution < -0.4 is 11.3 Å². The highest BCUT2D eigenvalue weighted by molar-refractivity contribution is 5.80. The molecule has 82 valence electrons. The van der Waals surface area contributed by atoms with Crippen LogP contribution in [0.1, 0.15) is 20.8 Å². The molecule has 3 atom stereocenters. The first-order valence-corrected chi connectivity index (χ1v) is 4.94. The number of ether oxygens (including phenoxy) is 1. The van der Waals surface area contributed by atoms with Gasteiger partial charge < -0.3 is 4.74 Å². The molecule has 0 bridgehead atoms. The van der Waals surface area contributed by atoms with Gasteiger partial charge in [-0.15, -0.1) is 0 Å². The van der Waals surface area contributed by atoms with Crippen LogP contribution in [-0.4, -0.2) is 42.1 Å². The molecule has 0 radical (unpaired) electrons. The van der Waals surface area contributed by atoms with Crippen LogP contribution in [-0.2, 0) is 9.53 Å². The summed E-state index contributed by atoms with van der Waals surface area (Å²) in [4.78, 5) is 13.4. The van der Waals surface area contributed by atoms with E-state index in [1.165, 1.54) is 0 Å².